The lowest BCUT2D eigenvalue weighted by atomic mass is 9.95. The standard InChI is InChI=1S/C10H14F6N2O/c1-5-2-6(17)4-18(3-5)8(19)7(9(11,12)13)10(14,15)16/h5-7H,2-4,17H2,1H3. The van der Waals surface area contributed by atoms with Crippen LogP contribution in [0.15, 0.2) is 0 Å². The average molecular weight is 292 g/mol. The Hall–Kier alpha value is -0.990. The van der Waals surface area contributed by atoms with Crippen molar-refractivity contribution >= 4 is 5.91 Å². The van der Waals surface area contributed by atoms with E-state index in [0.29, 0.717) is 11.3 Å². The summed E-state index contributed by atoms with van der Waals surface area (Å²) in [6.07, 6.45) is -10.8. The molecule has 1 aliphatic rings. The van der Waals surface area contributed by atoms with Gasteiger partial charge in [0.15, 0.2) is 0 Å². The molecule has 1 saturated heterocycles. The van der Waals surface area contributed by atoms with Crippen LogP contribution in [0, 0.1) is 11.8 Å². The number of carbonyl (C=O) groups is 1. The highest BCUT2D eigenvalue weighted by molar-refractivity contribution is 5.80. The van der Waals surface area contributed by atoms with E-state index in [1.54, 1.807) is 6.92 Å². The van der Waals surface area contributed by atoms with Gasteiger partial charge in [0.2, 0.25) is 11.8 Å². The summed E-state index contributed by atoms with van der Waals surface area (Å²) in [5, 5.41) is 0. The number of carbonyl (C=O) groups excluding carboxylic acids is 1. The highest BCUT2D eigenvalue weighted by Crippen LogP contribution is 2.40. The minimum Gasteiger partial charge on any atom is -0.340 e. The summed E-state index contributed by atoms with van der Waals surface area (Å²) in [5.74, 6) is -6.17. The van der Waals surface area contributed by atoms with Crippen LogP contribution in [0.25, 0.3) is 0 Å². The van der Waals surface area contributed by atoms with E-state index < -0.39 is 30.2 Å². The fourth-order valence-corrected chi connectivity index (χ4v) is 2.23. The maximum Gasteiger partial charge on any atom is 0.409 e. The zero-order chi connectivity index (χ0) is 15.0. The highest BCUT2D eigenvalue weighted by atomic mass is 19.4. The normalized spacial score (nSPS) is 25.8. The van der Waals surface area contributed by atoms with Crippen molar-refractivity contribution in [3.63, 3.8) is 0 Å². The summed E-state index contributed by atoms with van der Waals surface area (Å²) < 4.78 is 74.5. The zero-order valence-electron chi connectivity index (χ0n) is 10.1. The molecule has 1 amide bonds. The number of nitrogens with zero attached hydrogens (tertiary/aromatic N) is 1. The number of piperidine rings is 1. The first kappa shape index (κ1) is 16.1. The molecule has 112 valence electrons. The molecule has 0 aliphatic carbocycles. The highest BCUT2D eigenvalue weighted by Gasteiger charge is 2.62. The van der Waals surface area contributed by atoms with Gasteiger partial charge in [0.25, 0.3) is 0 Å². The molecule has 19 heavy (non-hydrogen) atoms. The van der Waals surface area contributed by atoms with Crippen molar-refractivity contribution in [3.8, 4) is 0 Å². The molecular weight excluding hydrogens is 278 g/mol. The van der Waals surface area contributed by atoms with Crippen LogP contribution in [0.3, 0.4) is 0 Å². The Morgan fingerprint density at radius 1 is 1.16 bits per heavy atom. The maximum absolute atomic E-state index is 12.4. The molecule has 1 aliphatic heterocycles. The Morgan fingerprint density at radius 3 is 2.00 bits per heavy atom. The molecule has 1 heterocycles. The molecule has 0 saturated carbocycles. The van der Waals surface area contributed by atoms with Gasteiger partial charge in [-0.15, -0.1) is 0 Å². The molecule has 0 aromatic heterocycles. The van der Waals surface area contributed by atoms with Crippen LogP contribution in [-0.2, 0) is 4.79 Å². The largest absolute Gasteiger partial charge is 0.409 e. The van der Waals surface area contributed by atoms with Crippen molar-refractivity contribution < 1.29 is 31.1 Å². The Labute approximate surface area is 105 Å². The van der Waals surface area contributed by atoms with Crippen molar-refractivity contribution in [2.24, 2.45) is 17.6 Å². The summed E-state index contributed by atoms with van der Waals surface area (Å²) in [7, 11) is 0. The Bertz CT molecular complexity index is 316. The summed E-state index contributed by atoms with van der Waals surface area (Å²) in [5.41, 5.74) is 5.52. The molecular formula is C10H14F6N2O. The fraction of sp³-hybridized carbons (Fsp3) is 0.900. The zero-order valence-corrected chi connectivity index (χ0v) is 10.1. The summed E-state index contributed by atoms with van der Waals surface area (Å²) >= 11 is 0. The van der Waals surface area contributed by atoms with E-state index in [-0.39, 0.29) is 19.0 Å². The third-order valence-electron chi connectivity index (χ3n) is 2.91. The number of amides is 1. The Balaban J connectivity index is 2.95. The summed E-state index contributed by atoms with van der Waals surface area (Å²) in [4.78, 5) is 12.1. The molecule has 0 aromatic carbocycles. The van der Waals surface area contributed by atoms with Crippen LogP contribution >= 0.6 is 0 Å². The number of rotatable bonds is 1. The van der Waals surface area contributed by atoms with Gasteiger partial charge in [0, 0.05) is 19.1 Å². The van der Waals surface area contributed by atoms with E-state index in [0.717, 1.165) is 0 Å². The van der Waals surface area contributed by atoms with Gasteiger partial charge in [-0.3, -0.25) is 4.79 Å². The fourth-order valence-electron chi connectivity index (χ4n) is 2.23. The van der Waals surface area contributed by atoms with Gasteiger partial charge in [0.05, 0.1) is 0 Å². The first-order valence-electron chi connectivity index (χ1n) is 5.60. The quantitative estimate of drug-likeness (QED) is 0.751. The molecule has 3 nitrogen and oxygen atoms in total. The van der Waals surface area contributed by atoms with Crippen LogP contribution in [0.5, 0.6) is 0 Å². The Morgan fingerprint density at radius 2 is 1.63 bits per heavy atom. The van der Waals surface area contributed by atoms with Gasteiger partial charge in [-0.1, -0.05) is 6.92 Å². The smallest absolute Gasteiger partial charge is 0.340 e. The van der Waals surface area contributed by atoms with E-state index >= 15 is 0 Å². The third kappa shape index (κ3) is 3.99. The topological polar surface area (TPSA) is 46.3 Å². The monoisotopic (exact) mass is 292 g/mol. The molecule has 2 unspecified atom stereocenters. The number of hydrogen-bond acceptors (Lipinski definition) is 2. The van der Waals surface area contributed by atoms with Crippen molar-refractivity contribution in [3.05, 3.63) is 0 Å². The predicted octanol–water partition coefficient (Wildman–Crippen LogP) is 1.92. The van der Waals surface area contributed by atoms with Crippen molar-refractivity contribution in [1.82, 2.24) is 4.90 Å². The molecule has 0 spiro atoms. The van der Waals surface area contributed by atoms with Crippen molar-refractivity contribution in [1.29, 1.82) is 0 Å². The molecule has 2 atom stereocenters. The minimum atomic E-state index is -5.65. The number of nitrogens with two attached hydrogens (primary N) is 1. The van der Waals surface area contributed by atoms with Crippen LogP contribution in [0.1, 0.15) is 13.3 Å². The second-order valence-corrected chi connectivity index (χ2v) is 4.86. The molecule has 9 heteroatoms. The van der Waals surface area contributed by atoms with Crippen molar-refractivity contribution in [2.75, 3.05) is 13.1 Å². The lowest BCUT2D eigenvalue weighted by Crippen LogP contribution is -2.55. The van der Waals surface area contributed by atoms with Crippen LogP contribution in [0.2, 0.25) is 0 Å². The summed E-state index contributed by atoms with van der Waals surface area (Å²) in [6, 6.07) is -0.602. The van der Waals surface area contributed by atoms with Crippen LogP contribution < -0.4 is 5.73 Å². The minimum absolute atomic E-state index is 0.144. The van der Waals surface area contributed by atoms with Gasteiger partial charge in [-0.25, -0.2) is 0 Å². The van der Waals surface area contributed by atoms with Crippen LogP contribution in [-0.4, -0.2) is 42.3 Å². The second-order valence-electron chi connectivity index (χ2n) is 4.86. The van der Waals surface area contributed by atoms with E-state index in [4.69, 9.17) is 5.73 Å². The Kier molecular flexibility index (Phi) is 4.38. The van der Waals surface area contributed by atoms with E-state index in [9.17, 15) is 31.1 Å². The van der Waals surface area contributed by atoms with Crippen molar-refractivity contribution in [2.45, 2.75) is 31.7 Å². The average Bonchev–Trinajstić information content (AvgIpc) is 2.10. The van der Waals surface area contributed by atoms with E-state index in [1.165, 1.54) is 0 Å². The van der Waals surface area contributed by atoms with Gasteiger partial charge < -0.3 is 10.6 Å². The predicted molar refractivity (Wildman–Crippen MR) is 53.9 cm³/mol. The van der Waals surface area contributed by atoms with Gasteiger partial charge >= 0.3 is 12.4 Å². The molecule has 0 aromatic rings. The number of alkyl halides is 6. The molecule has 0 radical (unpaired) electrons. The van der Waals surface area contributed by atoms with E-state index in [2.05, 4.69) is 0 Å². The first-order chi connectivity index (χ1) is 8.43. The lowest BCUT2D eigenvalue weighted by Gasteiger charge is -2.37. The molecule has 0 bridgehead atoms. The molecule has 1 fully saturated rings. The SMILES string of the molecule is CC1CC(N)CN(C(=O)C(C(F)(F)F)C(F)(F)F)C1. The lowest BCUT2D eigenvalue weighted by molar-refractivity contribution is -0.278. The first-order valence-corrected chi connectivity index (χ1v) is 5.60. The molecule has 1 rings (SSSR count). The van der Waals surface area contributed by atoms with Gasteiger partial charge in [-0.2, -0.15) is 26.3 Å². The number of hydrogen-bond donors (Lipinski definition) is 1. The summed E-state index contributed by atoms with van der Waals surface area (Å²) in [6.45, 7) is 1.19. The number of halogens is 6. The second kappa shape index (κ2) is 5.18. The third-order valence-corrected chi connectivity index (χ3v) is 2.91. The number of likely N-dealkylation sites (tertiary alicyclic amines) is 1. The van der Waals surface area contributed by atoms with Gasteiger partial charge in [0.1, 0.15) is 0 Å². The van der Waals surface area contributed by atoms with Crippen LogP contribution in [0.4, 0.5) is 26.3 Å². The van der Waals surface area contributed by atoms with Gasteiger partial charge in [-0.05, 0) is 12.3 Å². The molecule has 2 N–H and O–H groups in total. The van der Waals surface area contributed by atoms with E-state index in [1.807, 2.05) is 0 Å². The maximum atomic E-state index is 12.4.